The van der Waals surface area contributed by atoms with Crippen molar-refractivity contribution >= 4 is 0 Å². The predicted molar refractivity (Wildman–Crippen MR) is 84.0 cm³/mol. The smallest absolute Gasteiger partial charge is 0.201 e. The molecule has 0 bridgehead atoms. The van der Waals surface area contributed by atoms with Gasteiger partial charge in [-0.2, -0.15) is 4.39 Å². The number of rotatable bonds is 7. The molecule has 0 unspecified atom stereocenters. The first kappa shape index (κ1) is 16.4. The first-order chi connectivity index (χ1) is 10.7. The third kappa shape index (κ3) is 3.81. The van der Waals surface area contributed by atoms with E-state index in [9.17, 15) is 8.78 Å². The number of halogens is 2. The predicted octanol–water partition coefficient (Wildman–Crippen LogP) is 5.16. The van der Waals surface area contributed by atoms with Gasteiger partial charge in [-0.05, 0) is 36.6 Å². The summed E-state index contributed by atoms with van der Waals surface area (Å²) >= 11 is 0. The lowest BCUT2D eigenvalue weighted by Gasteiger charge is -2.08. The molecule has 1 heterocycles. The Balaban J connectivity index is 2.12. The minimum atomic E-state index is -0.981. The highest BCUT2D eigenvalue weighted by atomic mass is 19.2. The van der Waals surface area contributed by atoms with Gasteiger partial charge in [-0.3, -0.25) is 4.98 Å². The number of methoxy groups -OCH3 is 1. The molecule has 1 aromatic heterocycles. The minimum Gasteiger partial charge on any atom is -0.494 e. The summed E-state index contributed by atoms with van der Waals surface area (Å²) in [7, 11) is 1.31. The molecule has 2 aromatic rings. The Morgan fingerprint density at radius 2 is 1.82 bits per heavy atom. The molecule has 0 saturated carbocycles. The summed E-state index contributed by atoms with van der Waals surface area (Å²) in [6, 6.07) is 6.56. The van der Waals surface area contributed by atoms with Gasteiger partial charge in [0.15, 0.2) is 11.6 Å². The highest BCUT2D eigenvalue weighted by Crippen LogP contribution is 2.28. The van der Waals surface area contributed by atoms with E-state index in [-0.39, 0.29) is 11.3 Å². The van der Waals surface area contributed by atoms with Crippen LogP contribution in [0, 0.1) is 11.6 Å². The van der Waals surface area contributed by atoms with Crippen LogP contribution in [0.2, 0.25) is 0 Å². The lowest BCUT2D eigenvalue weighted by Crippen LogP contribution is -1.96. The second-order valence-corrected chi connectivity index (χ2v) is 5.31. The number of nitrogens with zero attached hydrogens (tertiary/aromatic N) is 1. The molecule has 0 fully saturated rings. The number of hydrogen-bond donors (Lipinski definition) is 0. The number of aromatic nitrogens is 1. The van der Waals surface area contributed by atoms with E-state index in [4.69, 9.17) is 4.74 Å². The Morgan fingerprint density at radius 1 is 1.00 bits per heavy atom. The zero-order chi connectivity index (χ0) is 15.9. The van der Waals surface area contributed by atoms with Crippen molar-refractivity contribution in [2.24, 2.45) is 0 Å². The summed E-state index contributed by atoms with van der Waals surface area (Å²) < 4.78 is 32.5. The van der Waals surface area contributed by atoms with Crippen LogP contribution < -0.4 is 4.74 Å². The maximum absolute atomic E-state index is 14.0. The Bertz CT molecular complexity index is 611. The lowest BCUT2D eigenvalue weighted by molar-refractivity contribution is 0.372. The fraction of sp³-hybridized carbons (Fsp3) is 0.389. The van der Waals surface area contributed by atoms with E-state index in [0.717, 1.165) is 18.4 Å². The fourth-order valence-electron chi connectivity index (χ4n) is 2.37. The summed E-state index contributed by atoms with van der Waals surface area (Å²) in [5.74, 6) is -2.01. The van der Waals surface area contributed by atoms with Gasteiger partial charge in [-0.15, -0.1) is 0 Å². The number of benzene rings is 1. The fourth-order valence-corrected chi connectivity index (χ4v) is 2.37. The van der Waals surface area contributed by atoms with Crippen LogP contribution in [0.1, 0.15) is 38.2 Å². The second-order valence-electron chi connectivity index (χ2n) is 5.31. The molecule has 0 aliphatic heterocycles. The van der Waals surface area contributed by atoms with Crippen molar-refractivity contribution < 1.29 is 13.5 Å². The standard InChI is InChI=1S/C18H21F2NO/c1-3-4-5-6-7-13-8-10-15(21-12-13)14-9-11-16(22-2)18(20)17(14)19/h8-12H,3-7H2,1-2H3. The van der Waals surface area contributed by atoms with Crippen molar-refractivity contribution in [1.29, 1.82) is 0 Å². The SMILES string of the molecule is CCCCCCc1ccc(-c2ccc(OC)c(F)c2F)nc1. The maximum Gasteiger partial charge on any atom is 0.201 e. The molecule has 0 amide bonds. The molecule has 0 radical (unpaired) electrons. The summed E-state index contributed by atoms with van der Waals surface area (Å²) in [4.78, 5) is 4.26. The number of unbranched alkanes of at least 4 members (excludes halogenated alkanes) is 3. The zero-order valence-corrected chi connectivity index (χ0v) is 13.0. The van der Waals surface area contributed by atoms with Crippen LogP contribution in [-0.2, 0) is 6.42 Å². The summed E-state index contributed by atoms with van der Waals surface area (Å²) in [6.07, 6.45) is 7.48. The summed E-state index contributed by atoms with van der Waals surface area (Å²) in [5.41, 5.74) is 1.70. The van der Waals surface area contributed by atoms with Crippen LogP contribution in [0.3, 0.4) is 0 Å². The Kier molecular flexibility index (Phi) is 5.87. The zero-order valence-electron chi connectivity index (χ0n) is 13.0. The van der Waals surface area contributed by atoms with Gasteiger partial charge in [0, 0.05) is 11.8 Å². The van der Waals surface area contributed by atoms with Crippen molar-refractivity contribution in [2.45, 2.75) is 39.0 Å². The lowest BCUT2D eigenvalue weighted by atomic mass is 10.1. The maximum atomic E-state index is 14.0. The topological polar surface area (TPSA) is 22.1 Å². The summed E-state index contributed by atoms with van der Waals surface area (Å²) in [5, 5.41) is 0. The molecule has 2 rings (SSSR count). The van der Waals surface area contributed by atoms with Crippen molar-refractivity contribution in [3.8, 4) is 17.0 Å². The van der Waals surface area contributed by atoms with Crippen LogP contribution in [0.15, 0.2) is 30.5 Å². The number of ether oxygens (including phenoxy) is 1. The van der Waals surface area contributed by atoms with Crippen molar-refractivity contribution in [2.75, 3.05) is 7.11 Å². The van der Waals surface area contributed by atoms with E-state index in [1.165, 1.54) is 38.5 Å². The number of aryl methyl sites for hydroxylation is 1. The molecule has 22 heavy (non-hydrogen) atoms. The number of pyridine rings is 1. The van der Waals surface area contributed by atoms with Gasteiger partial charge in [0.25, 0.3) is 0 Å². The van der Waals surface area contributed by atoms with Gasteiger partial charge in [0.1, 0.15) is 0 Å². The van der Waals surface area contributed by atoms with E-state index < -0.39 is 11.6 Å². The molecule has 2 nitrogen and oxygen atoms in total. The molecule has 0 spiro atoms. The highest BCUT2D eigenvalue weighted by molar-refractivity contribution is 5.61. The van der Waals surface area contributed by atoms with E-state index in [1.807, 2.05) is 6.07 Å². The molecule has 118 valence electrons. The van der Waals surface area contributed by atoms with Crippen LogP contribution in [-0.4, -0.2) is 12.1 Å². The van der Waals surface area contributed by atoms with Gasteiger partial charge in [-0.25, -0.2) is 4.39 Å². The normalized spacial score (nSPS) is 10.7. The molecule has 1 aromatic carbocycles. The van der Waals surface area contributed by atoms with Crippen LogP contribution in [0.5, 0.6) is 5.75 Å². The molecule has 4 heteroatoms. The molecule has 0 atom stereocenters. The second kappa shape index (κ2) is 7.87. The van der Waals surface area contributed by atoms with E-state index >= 15 is 0 Å². The van der Waals surface area contributed by atoms with Gasteiger partial charge in [0.05, 0.1) is 12.8 Å². The Morgan fingerprint density at radius 3 is 2.45 bits per heavy atom. The van der Waals surface area contributed by atoms with Crippen molar-refractivity contribution in [3.05, 3.63) is 47.7 Å². The average Bonchev–Trinajstić information content (AvgIpc) is 2.55. The quantitative estimate of drug-likeness (QED) is 0.659. The van der Waals surface area contributed by atoms with Gasteiger partial charge < -0.3 is 4.74 Å². The van der Waals surface area contributed by atoms with Gasteiger partial charge in [-0.1, -0.05) is 32.3 Å². The van der Waals surface area contributed by atoms with E-state index in [2.05, 4.69) is 11.9 Å². The molecule has 0 aliphatic carbocycles. The average molecular weight is 305 g/mol. The third-order valence-electron chi connectivity index (χ3n) is 3.69. The summed E-state index contributed by atoms with van der Waals surface area (Å²) in [6.45, 7) is 2.18. The van der Waals surface area contributed by atoms with Gasteiger partial charge in [0.2, 0.25) is 5.82 Å². The molecule has 0 aliphatic rings. The van der Waals surface area contributed by atoms with Crippen LogP contribution in [0.4, 0.5) is 8.78 Å². The first-order valence-electron chi connectivity index (χ1n) is 7.64. The monoisotopic (exact) mass is 305 g/mol. The van der Waals surface area contributed by atoms with E-state index in [0.29, 0.717) is 5.69 Å². The Hall–Kier alpha value is -1.97. The number of hydrogen-bond acceptors (Lipinski definition) is 2. The minimum absolute atomic E-state index is 0.103. The molecule has 0 saturated heterocycles. The highest BCUT2D eigenvalue weighted by Gasteiger charge is 2.15. The van der Waals surface area contributed by atoms with Crippen molar-refractivity contribution in [1.82, 2.24) is 4.98 Å². The van der Waals surface area contributed by atoms with Crippen LogP contribution >= 0.6 is 0 Å². The van der Waals surface area contributed by atoms with E-state index in [1.54, 1.807) is 12.3 Å². The first-order valence-corrected chi connectivity index (χ1v) is 7.64. The van der Waals surface area contributed by atoms with Gasteiger partial charge >= 0.3 is 0 Å². The molecular weight excluding hydrogens is 284 g/mol. The molecule has 0 N–H and O–H groups in total. The third-order valence-corrected chi connectivity index (χ3v) is 3.69. The van der Waals surface area contributed by atoms with Crippen LogP contribution in [0.25, 0.3) is 11.3 Å². The molecular formula is C18H21F2NO. The Labute approximate surface area is 130 Å². The largest absolute Gasteiger partial charge is 0.494 e. The van der Waals surface area contributed by atoms with Crippen molar-refractivity contribution in [3.63, 3.8) is 0 Å².